The zero-order valence-electron chi connectivity index (χ0n) is 33.6. The van der Waals surface area contributed by atoms with Gasteiger partial charge in [-0.25, -0.2) is 4.79 Å². The first-order chi connectivity index (χ1) is 24.0. The molecule has 3 heterocycles. The van der Waals surface area contributed by atoms with Gasteiger partial charge in [0.2, 0.25) is 0 Å². The van der Waals surface area contributed by atoms with E-state index in [0.717, 1.165) is 73.8 Å². The molecule has 1 fully saturated rings. The highest BCUT2D eigenvalue weighted by Gasteiger charge is 2.52. The van der Waals surface area contributed by atoms with Crippen LogP contribution in [0, 0.1) is 0 Å². The lowest BCUT2D eigenvalue weighted by atomic mass is 9.85. The predicted molar refractivity (Wildman–Crippen MR) is 221 cm³/mol. The summed E-state index contributed by atoms with van der Waals surface area (Å²) in [5, 5.41) is 12.8. The standard InChI is InChI=1S/C41H66B2O6S2/c1-11-13-15-17-18-19-20-21-22-24-26-46-37(44)34-29(25-23-16-14-12-2)30-28-33(43-48-40(7,8)41(9,10)49-43)51-35(30)36-31(34)27-32(50-36)42-47-39(5,6)38(3,4)45/h27-28,42,45H,11-26H2,1-10H3. The van der Waals surface area contributed by atoms with E-state index in [0.29, 0.717) is 19.7 Å². The van der Waals surface area contributed by atoms with Crippen molar-refractivity contribution in [3.05, 3.63) is 23.3 Å². The number of aliphatic hydroxyl groups is 1. The molecule has 51 heavy (non-hydrogen) atoms. The average Bonchev–Trinajstić information content (AvgIpc) is 3.73. The van der Waals surface area contributed by atoms with Crippen molar-refractivity contribution in [2.45, 2.75) is 188 Å². The number of benzene rings is 1. The minimum atomic E-state index is -1.02. The van der Waals surface area contributed by atoms with Gasteiger partial charge in [-0.3, -0.25) is 0 Å². The Bertz CT molecular complexity index is 1550. The summed E-state index contributed by atoms with van der Waals surface area (Å²) in [7, 11) is -0.135. The number of hydrogen-bond donors (Lipinski definition) is 1. The first kappa shape index (κ1) is 42.3. The minimum Gasteiger partial charge on any atom is -0.462 e. The predicted octanol–water partition coefficient (Wildman–Crippen LogP) is 10.2. The molecule has 4 rings (SSSR count). The molecule has 1 aliphatic rings. The third-order valence-electron chi connectivity index (χ3n) is 11.4. The topological polar surface area (TPSA) is 74.2 Å². The Morgan fingerprint density at radius 2 is 1.31 bits per heavy atom. The third kappa shape index (κ3) is 10.6. The number of carbonyl (C=O) groups excluding carboxylic acids is 1. The Morgan fingerprint density at radius 1 is 0.784 bits per heavy atom. The highest BCUT2D eigenvalue weighted by molar-refractivity contribution is 7.34. The van der Waals surface area contributed by atoms with Crippen LogP contribution in [0.2, 0.25) is 0 Å². The molecule has 0 amide bonds. The number of fused-ring (bicyclic) bond motifs is 3. The average molecular weight is 741 g/mol. The fourth-order valence-electron chi connectivity index (χ4n) is 6.52. The first-order valence-electron chi connectivity index (χ1n) is 19.9. The molecule has 1 aromatic carbocycles. The second-order valence-electron chi connectivity index (χ2n) is 16.8. The lowest BCUT2D eigenvalue weighted by molar-refractivity contribution is -0.0892. The molecule has 0 atom stereocenters. The molecule has 3 aromatic rings. The van der Waals surface area contributed by atoms with Gasteiger partial charge in [-0.2, -0.15) is 0 Å². The zero-order valence-corrected chi connectivity index (χ0v) is 35.2. The summed E-state index contributed by atoms with van der Waals surface area (Å²) >= 11 is 3.37. The molecule has 0 radical (unpaired) electrons. The van der Waals surface area contributed by atoms with Crippen LogP contribution in [0.1, 0.15) is 175 Å². The smallest absolute Gasteiger partial charge is 0.462 e. The van der Waals surface area contributed by atoms with Gasteiger partial charge in [0.25, 0.3) is 0 Å². The summed E-state index contributed by atoms with van der Waals surface area (Å²) in [5.41, 5.74) is -0.900. The van der Waals surface area contributed by atoms with Crippen molar-refractivity contribution in [1.82, 2.24) is 0 Å². The summed E-state index contributed by atoms with van der Waals surface area (Å²) in [6, 6.07) is 4.34. The molecule has 284 valence electrons. The van der Waals surface area contributed by atoms with Gasteiger partial charge in [-0.05, 0) is 97.7 Å². The highest BCUT2D eigenvalue weighted by Crippen LogP contribution is 2.42. The molecule has 1 N–H and O–H groups in total. The van der Waals surface area contributed by atoms with E-state index < -0.39 is 29.5 Å². The number of hydrogen-bond acceptors (Lipinski definition) is 8. The monoisotopic (exact) mass is 740 g/mol. The van der Waals surface area contributed by atoms with E-state index in [-0.39, 0.29) is 5.97 Å². The molecule has 6 nitrogen and oxygen atoms in total. The summed E-state index contributed by atoms with van der Waals surface area (Å²) in [5.74, 6) is -0.228. The van der Waals surface area contributed by atoms with Gasteiger partial charge >= 0.3 is 20.6 Å². The lowest BCUT2D eigenvalue weighted by Gasteiger charge is -2.37. The number of unbranched alkanes of at least 4 members (excludes halogenated alkanes) is 12. The normalized spacial score (nSPS) is 16.1. The van der Waals surface area contributed by atoms with Crippen LogP contribution in [0.5, 0.6) is 0 Å². The second kappa shape index (κ2) is 18.3. The van der Waals surface area contributed by atoms with Gasteiger partial charge in [0, 0.05) is 14.9 Å². The fraction of sp³-hybridized carbons (Fsp3) is 0.732. The maximum atomic E-state index is 14.2. The highest BCUT2D eigenvalue weighted by atomic mass is 32.1. The van der Waals surface area contributed by atoms with Crippen molar-refractivity contribution in [1.29, 1.82) is 0 Å². The Kier molecular flexibility index (Phi) is 15.2. The van der Waals surface area contributed by atoms with E-state index in [1.54, 1.807) is 36.5 Å². The van der Waals surface area contributed by atoms with Gasteiger partial charge in [-0.1, -0.05) is 90.9 Å². The van der Waals surface area contributed by atoms with Crippen molar-refractivity contribution >= 4 is 73.0 Å². The Balaban J connectivity index is 1.66. The third-order valence-corrected chi connectivity index (χ3v) is 13.8. The molecule has 0 spiro atoms. The summed E-state index contributed by atoms with van der Waals surface area (Å²) in [6.07, 6.45) is 17.6. The molecule has 2 aromatic heterocycles. The van der Waals surface area contributed by atoms with Crippen molar-refractivity contribution < 1.29 is 28.6 Å². The molecular weight excluding hydrogens is 674 g/mol. The van der Waals surface area contributed by atoms with Crippen LogP contribution in [0.3, 0.4) is 0 Å². The summed E-state index contributed by atoms with van der Waals surface area (Å²) < 4.78 is 29.7. The maximum absolute atomic E-state index is 14.2. The van der Waals surface area contributed by atoms with Crippen LogP contribution in [-0.2, 0) is 25.1 Å². The van der Waals surface area contributed by atoms with Gasteiger partial charge in [0.05, 0.1) is 44.0 Å². The number of esters is 1. The van der Waals surface area contributed by atoms with E-state index in [1.807, 2.05) is 13.8 Å². The largest absolute Gasteiger partial charge is 0.505 e. The van der Waals surface area contributed by atoms with Crippen LogP contribution in [0.25, 0.3) is 20.2 Å². The number of thiophene rings is 2. The molecule has 1 aliphatic heterocycles. The number of carbonyl (C=O) groups is 1. The SMILES string of the molecule is CCCCCCCCCCCCOC(=O)c1c(CCCCCC)c2cc(B3OC(C)(C)C(C)(C)O3)sc2c2sc(BOC(C)(C)C(C)(C)O)cc12. The van der Waals surface area contributed by atoms with Crippen LogP contribution in [0.4, 0.5) is 0 Å². The lowest BCUT2D eigenvalue weighted by Crippen LogP contribution is -2.49. The molecule has 0 saturated carbocycles. The van der Waals surface area contributed by atoms with Gasteiger partial charge in [0.15, 0.2) is 0 Å². The summed E-state index contributed by atoms with van der Waals surface area (Å²) in [6.45, 7) is 20.6. The fourth-order valence-corrected chi connectivity index (χ4v) is 8.90. The van der Waals surface area contributed by atoms with E-state index in [4.69, 9.17) is 18.7 Å². The Labute approximate surface area is 318 Å². The summed E-state index contributed by atoms with van der Waals surface area (Å²) in [4.78, 5) is 14.2. The van der Waals surface area contributed by atoms with E-state index in [2.05, 4.69) is 53.7 Å². The van der Waals surface area contributed by atoms with Crippen LogP contribution in [0.15, 0.2) is 12.1 Å². The quantitative estimate of drug-likeness (QED) is 0.0628. The molecule has 0 aliphatic carbocycles. The number of aryl methyl sites for hydroxylation is 1. The van der Waals surface area contributed by atoms with Crippen LogP contribution < -0.4 is 9.55 Å². The van der Waals surface area contributed by atoms with Crippen LogP contribution in [-0.4, -0.2) is 54.7 Å². The molecule has 1 saturated heterocycles. The first-order valence-corrected chi connectivity index (χ1v) is 21.6. The van der Waals surface area contributed by atoms with Crippen molar-refractivity contribution in [2.24, 2.45) is 0 Å². The second-order valence-corrected chi connectivity index (χ2v) is 19.0. The number of ether oxygens (including phenoxy) is 1. The van der Waals surface area contributed by atoms with E-state index in [1.165, 1.54) is 57.8 Å². The molecular formula is C41H66B2O6S2. The minimum absolute atomic E-state index is 0.228. The molecule has 0 bridgehead atoms. The van der Waals surface area contributed by atoms with Crippen LogP contribution >= 0.6 is 22.7 Å². The van der Waals surface area contributed by atoms with Gasteiger partial charge < -0.3 is 23.8 Å². The maximum Gasteiger partial charge on any atom is 0.505 e. The van der Waals surface area contributed by atoms with Crippen molar-refractivity contribution in [3.8, 4) is 0 Å². The molecule has 0 unspecified atom stereocenters. The Morgan fingerprint density at radius 3 is 1.88 bits per heavy atom. The Hall–Kier alpha value is -1.42. The molecule has 10 heteroatoms. The van der Waals surface area contributed by atoms with E-state index in [9.17, 15) is 9.90 Å². The van der Waals surface area contributed by atoms with Crippen molar-refractivity contribution in [3.63, 3.8) is 0 Å². The van der Waals surface area contributed by atoms with E-state index >= 15 is 0 Å². The van der Waals surface area contributed by atoms with Crippen molar-refractivity contribution in [2.75, 3.05) is 6.61 Å². The van der Waals surface area contributed by atoms with Gasteiger partial charge in [-0.15, -0.1) is 22.7 Å². The number of rotatable bonds is 22. The van der Waals surface area contributed by atoms with Gasteiger partial charge in [0.1, 0.15) is 0 Å². The zero-order chi connectivity index (χ0) is 37.5.